The van der Waals surface area contributed by atoms with Crippen LogP contribution >= 0.6 is 11.8 Å². The Hall–Kier alpha value is -2.73. The number of allylic oxidation sites excluding steroid dienone is 1. The number of ether oxygens (including phenoxy) is 2. The molecule has 5 nitrogen and oxygen atoms in total. The first-order valence-electron chi connectivity index (χ1n) is 8.94. The minimum Gasteiger partial charge on any atom is -0.485 e. The van der Waals surface area contributed by atoms with E-state index in [1.165, 1.54) is 5.56 Å². The van der Waals surface area contributed by atoms with Gasteiger partial charge in [0.15, 0.2) is 28.6 Å². The summed E-state index contributed by atoms with van der Waals surface area (Å²) in [6.07, 6.45) is 2.56. The topological polar surface area (TPSA) is 49.2 Å². The predicted octanol–water partition coefficient (Wildman–Crippen LogP) is 4.31. The third kappa shape index (κ3) is 4.01. The number of nitrogens with zero attached hydrogens (tertiary/aromatic N) is 3. The molecule has 1 aliphatic heterocycles. The zero-order chi connectivity index (χ0) is 18.5. The van der Waals surface area contributed by atoms with Crippen molar-refractivity contribution < 1.29 is 9.47 Å². The van der Waals surface area contributed by atoms with Crippen LogP contribution in [0.25, 0.3) is 0 Å². The summed E-state index contributed by atoms with van der Waals surface area (Å²) in [5.41, 5.74) is 1.32. The highest BCUT2D eigenvalue weighted by molar-refractivity contribution is 7.99. The second kappa shape index (κ2) is 8.31. The van der Waals surface area contributed by atoms with Gasteiger partial charge in [-0.1, -0.05) is 60.3 Å². The number of aryl methyl sites for hydroxylation is 1. The normalized spacial score (nSPS) is 15.5. The molecule has 0 aliphatic carbocycles. The Labute approximate surface area is 163 Å². The standard InChI is InChI=1S/C21H21N3O2S/c1-2-13-24-20(19-15-25-17-10-6-7-11-18(17)26-19)22-23-21(24)27-14-12-16-8-4-3-5-9-16/h2-11,19H,1,12-15H2. The highest BCUT2D eigenvalue weighted by Gasteiger charge is 2.28. The van der Waals surface area contributed by atoms with E-state index in [-0.39, 0.29) is 6.10 Å². The van der Waals surface area contributed by atoms with Gasteiger partial charge in [0.25, 0.3) is 0 Å². The molecule has 0 saturated carbocycles. The number of hydrogen-bond acceptors (Lipinski definition) is 5. The fourth-order valence-corrected chi connectivity index (χ4v) is 3.94. The average Bonchev–Trinajstić information content (AvgIpc) is 3.11. The number of para-hydroxylation sites is 2. The molecule has 0 radical (unpaired) electrons. The minimum absolute atomic E-state index is 0.282. The van der Waals surface area contributed by atoms with Crippen molar-refractivity contribution in [3.63, 3.8) is 0 Å². The molecule has 0 fully saturated rings. The lowest BCUT2D eigenvalue weighted by Crippen LogP contribution is -2.25. The summed E-state index contributed by atoms with van der Waals surface area (Å²) >= 11 is 1.70. The highest BCUT2D eigenvalue weighted by atomic mass is 32.2. The minimum atomic E-state index is -0.282. The molecule has 1 aliphatic rings. The van der Waals surface area contributed by atoms with Gasteiger partial charge in [-0.2, -0.15) is 0 Å². The van der Waals surface area contributed by atoms with Crippen LogP contribution < -0.4 is 9.47 Å². The van der Waals surface area contributed by atoms with E-state index < -0.39 is 0 Å². The van der Waals surface area contributed by atoms with Crippen LogP contribution in [0.4, 0.5) is 0 Å². The molecule has 0 N–H and O–H groups in total. The summed E-state index contributed by atoms with van der Waals surface area (Å²) in [6.45, 7) is 4.92. The predicted molar refractivity (Wildman–Crippen MR) is 106 cm³/mol. The maximum atomic E-state index is 6.10. The smallest absolute Gasteiger partial charge is 0.192 e. The molecule has 0 amide bonds. The van der Waals surface area contributed by atoms with E-state index in [1.54, 1.807) is 11.8 Å². The van der Waals surface area contributed by atoms with Crippen LogP contribution in [-0.4, -0.2) is 27.1 Å². The third-order valence-electron chi connectivity index (χ3n) is 4.32. The lowest BCUT2D eigenvalue weighted by molar-refractivity contribution is 0.0821. The largest absolute Gasteiger partial charge is 0.485 e. The molecule has 2 heterocycles. The van der Waals surface area contributed by atoms with Crippen molar-refractivity contribution in [3.8, 4) is 11.5 Å². The van der Waals surface area contributed by atoms with Crippen LogP contribution in [0.2, 0.25) is 0 Å². The van der Waals surface area contributed by atoms with E-state index in [0.29, 0.717) is 13.2 Å². The number of benzene rings is 2. The zero-order valence-corrected chi connectivity index (χ0v) is 15.8. The molecule has 0 spiro atoms. The Kier molecular flexibility index (Phi) is 5.44. The van der Waals surface area contributed by atoms with Gasteiger partial charge in [0.1, 0.15) is 6.61 Å². The van der Waals surface area contributed by atoms with Crippen molar-refractivity contribution in [1.82, 2.24) is 14.8 Å². The first-order valence-corrected chi connectivity index (χ1v) is 9.93. The lowest BCUT2D eigenvalue weighted by atomic mass is 10.2. The van der Waals surface area contributed by atoms with Gasteiger partial charge in [-0.25, -0.2) is 0 Å². The summed E-state index contributed by atoms with van der Waals surface area (Å²) in [4.78, 5) is 0. The maximum absolute atomic E-state index is 6.10. The molecular formula is C21H21N3O2S. The van der Waals surface area contributed by atoms with Crippen molar-refractivity contribution in [1.29, 1.82) is 0 Å². The van der Waals surface area contributed by atoms with Gasteiger partial charge < -0.3 is 9.47 Å². The van der Waals surface area contributed by atoms with Crippen molar-refractivity contribution in [2.45, 2.75) is 24.2 Å². The van der Waals surface area contributed by atoms with Gasteiger partial charge in [0.05, 0.1) is 0 Å². The number of thioether (sulfide) groups is 1. The molecule has 4 rings (SSSR count). The fraction of sp³-hybridized carbons (Fsp3) is 0.238. The monoisotopic (exact) mass is 379 g/mol. The Morgan fingerprint density at radius 3 is 2.67 bits per heavy atom. The number of rotatable bonds is 7. The summed E-state index contributed by atoms with van der Waals surface area (Å²) in [5, 5.41) is 9.66. The zero-order valence-electron chi connectivity index (χ0n) is 15.0. The van der Waals surface area contributed by atoms with Crippen molar-refractivity contribution in [2.75, 3.05) is 12.4 Å². The summed E-state index contributed by atoms with van der Waals surface area (Å²) in [5.74, 6) is 3.21. The Morgan fingerprint density at radius 1 is 1.07 bits per heavy atom. The number of aromatic nitrogens is 3. The molecule has 138 valence electrons. The first-order chi connectivity index (χ1) is 13.3. The van der Waals surface area contributed by atoms with Crippen LogP contribution in [-0.2, 0) is 13.0 Å². The van der Waals surface area contributed by atoms with E-state index in [1.807, 2.05) is 36.4 Å². The fourth-order valence-electron chi connectivity index (χ4n) is 3.00. The SMILES string of the molecule is C=CCn1c(SCCc2ccccc2)nnc1C1COc2ccccc2O1. The molecule has 1 atom stereocenters. The molecule has 1 aromatic heterocycles. The second-order valence-corrected chi connectivity index (χ2v) is 7.25. The van der Waals surface area contributed by atoms with E-state index in [4.69, 9.17) is 9.47 Å². The molecule has 27 heavy (non-hydrogen) atoms. The average molecular weight is 379 g/mol. The quantitative estimate of drug-likeness (QED) is 0.452. The van der Waals surface area contributed by atoms with Gasteiger partial charge in [-0.3, -0.25) is 4.57 Å². The molecule has 2 aromatic carbocycles. The van der Waals surface area contributed by atoms with E-state index in [2.05, 4.69) is 45.6 Å². The maximum Gasteiger partial charge on any atom is 0.192 e. The first kappa shape index (κ1) is 17.7. The van der Waals surface area contributed by atoms with Gasteiger partial charge in [-0.15, -0.1) is 16.8 Å². The summed E-state index contributed by atoms with van der Waals surface area (Å²) in [6, 6.07) is 18.1. The van der Waals surface area contributed by atoms with Crippen LogP contribution in [0.3, 0.4) is 0 Å². The van der Waals surface area contributed by atoms with E-state index >= 15 is 0 Å². The number of hydrogen-bond donors (Lipinski definition) is 0. The molecule has 1 unspecified atom stereocenters. The lowest BCUT2D eigenvalue weighted by Gasteiger charge is -2.26. The summed E-state index contributed by atoms with van der Waals surface area (Å²) in [7, 11) is 0. The van der Waals surface area contributed by atoms with E-state index in [0.717, 1.165) is 34.7 Å². The molecule has 0 bridgehead atoms. The van der Waals surface area contributed by atoms with Gasteiger partial charge in [-0.05, 0) is 24.1 Å². The molecular weight excluding hydrogens is 358 g/mol. The van der Waals surface area contributed by atoms with Gasteiger partial charge in [0, 0.05) is 12.3 Å². The van der Waals surface area contributed by atoms with Crippen LogP contribution in [0, 0.1) is 0 Å². The van der Waals surface area contributed by atoms with Crippen LogP contribution in [0.1, 0.15) is 17.5 Å². The van der Waals surface area contributed by atoms with Gasteiger partial charge in [0.2, 0.25) is 0 Å². The van der Waals surface area contributed by atoms with Crippen LogP contribution in [0.5, 0.6) is 11.5 Å². The molecule has 3 aromatic rings. The Bertz CT molecular complexity index is 911. The molecule has 6 heteroatoms. The van der Waals surface area contributed by atoms with Crippen molar-refractivity contribution in [2.24, 2.45) is 0 Å². The van der Waals surface area contributed by atoms with Gasteiger partial charge >= 0.3 is 0 Å². The molecule has 0 saturated heterocycles. The Morgan fingerprint density at radius 2 is 1.85 bits per heavy atom. The highest BCUT2D eigenvalue weighted by Crippen LogP contribution is 2.36. The second-order valence-electron chi connectivity index (χ2n) is 6.19. The van der Waals surface area contributed by atoms with Crippen molar-refractivity contribution >= 4 is 11.8 Å². The van der Waals surface area contributed by atoms with Crippen LogP contribution in [0.15, 0.2) is 72.4 Å². The Balaban J connectivity index is 1.48. The summed E-state index contributed by atoms with van der Waals surface area (Å²) < 4.78 is 14.0. The third-order valence-corrected chi connectivity index (χ3v) is 5.29. The number of fused-ring (bicyclic) bond motifs is 1. The van der Waals surface area contributed by atoms with Crippen molar-refractivity contribution in [3.05, 3.63) is 78.6 Å². The van der Waals surface area contributed by atoms with E-state index in [9.17, 15) is 0 Å².